The van der Waals surface area contributed by atoms with Crippen LogP contribution in [0.4, 0.5) is 11.6 Å². The van der Waals surface area contributed by atoms with Crippen LogP contribution in [0.5, 0.6) is 0 Å². The zero-order valence-corrected chi connectivity index (χ0v) is 9.10. The molecule has 7 heteroatoms. The third-order valence-electron chi connectivity index (χ3n) is 2.06. The zero-order chi connectivity index (χ0) is 12.3. The van der Waals surface area contributed by atoms with Gasteiger partial charge >= 0.3 is 0 Å². The van der Waals surface area contributed by atoms with E-state index in [1.165, 1.54) is 6.20 Å². The Balaban J connectivity index is 2.20. The van der Waals surface area contributed by atoms with Crippen molar-refractivity contribution in [3.05, 3.63) is 35.7 Å². The second kappa shape index (κ2) is 4.62. The summed E-state index contributed by atoms with van der Waals surface area (Å²) >= 11 is 0. The molecule has 0 atom stereocenters. The van der Waals surface area contributed by atoms with Gasteiger partial charge in [0.2, 0.25) is 0 Å². The highest BCUT2D eigenvalue weighted by Crippen LogP contribution is 2.13. The summed E-state index contributed by atoms with van der Waals surface area (Å²) in [6, 6.07) is 4.86. The van der Waals surface area contributed by atoms with Crippen molar-refractivity contribution in [3.63, 3.8) is 0 Å². The number of hydrogen-bond acceptors (Lipinski definition) is 6. The average molecular weight is 233 g/mol. The number of nitrogens with zero attached hydrogens (tertiary/aromatic N) is 2. The standard InChI is InChI=1S/C10H11N5O2/c1-6-5-8(15-17-6)13-10(16)7-3-2-4-12-9(7)14-11/h2-5H,11H2,1H3,(H,12,14)(H,13,15,16). The summed E-state index contributed by atoms with van der Waals surface area (Å²) in [5, 5.41) is 6.23. The number of rotatable bonds is 3. The van der Waals surface area contributed by atoms with Crippen LogP contribution in [0.25, 0.3) is 0 Å². The number of carbonyl (C=O) groups is 1. The Morgan fingerprint density at radius 3 is 3.00 bits per heavy atom. The van der Waals surface area contributed by atoms with Crippen molar-refractivity contribution in [2.45, 2.75) is 6.92 Å². The fourth-order valence-electron chi connectivity index (χ4n) is 1.31. The van der Waals surface area contributed by atoms with Crippen molar-refractivity contribution in [2.75, 3.05) is 10.7 Å². The smallest absolute Gasteiger partial charge is 0.260 e. The Hall–Kier alpha value is -2.41. The maximum Gasteiger partial charge on any atom is 0.260 e. The molecule has 0 saturated carbocycles. The fourth-order valence-corrected chi connectivity index (χ4v) is 1.31. The van der Waals surface area contributed by atoms with Gasteiger partial charge in [0.15, 0.2) is 11.6 Å². The molecule has 88 valence electrons. The van der Waals surface area contributed by atoms with Gasteiger partial charge in [0.1, 0.15) is 5.76 Å². The third kappa shape index (κ3) is 2.40. The minimum absolute atomic E-state index is 0.296. The quantitative estimate of drug-likeness (QED) is 0.537. The van der Waals surface area contributed by atoms with Crippen molar-refractivity contribution in [2.24, 2.45) is 5.84 Å². The number of hydrogen-bond donors (Lipinski definition) is 3. The van der Waals surface area contributed by atoms with Gasteiger partial charge in [-0.3, -0.25) is 4.79 Å². The number of aryl methyl sites for hydroxylation is 1. The van der Waals surface area contributed by atoms with Crippen molar-refractivity contribution in [1.82, 2.24) is 10.1 Å². The first-order valence-electron chi connectivity index (χ1n) is 4.87. The van der Waals surface area contributed by atoms with Crippen LogP contribution in [0, 0.1) is 6.92 Å². The molecular formula is C10H11N5O2. The Morgan fingerprint density at radius 2 is 2.35 bits per heavy atom. The van der Waals surface area contributed by atoms with E-state index in [1.807, 2.05) is 0 Å². The minimum Gasteiger partial charge on any atom is -0.360 e. The molecule has 0 unspecified atom stereocenters. The van der Waals surface area contributed by atoms with E-state index in [2.05, 4.69) is 20.9 Å². The molecule has 0 radical (unpaired) electrons. The summed E-state index contributed by atoms with van der Waals surface area (Å²) in [6.07, 6.45) is 1.53. The first kappa shape index (κ1) is 11.1. The molecule has 0 aliphatic heterocycles. The SMILES string of the molecule is Cc1cc(NC(=O)c2cccnc2NN)no1. The number of hydrazine groups is 1. The second-order valence-electron chi connectivity index (χ2n) is 3.32. The molecule has 0 saturated heterocycles. The molecule has 0 fully saturated rings. The van der Waals surface area contributed by atoms with Gasteiger partial charge in [-0.2, -0.15) is 0 Å². The molecule has 7 nitrogen and oxygen atoms in total. The lowest BCUT2D eigenvalue weighted by Gasteiger charge is -2.05. The molecule has 17 heavy (non-hydrogen) atoms. The van der Waals surface area contributed by atoms with Gasteiger partial charge < -0.3 is 15.3 Å². The lowest BCUT2D eigenvalue weighted by atomic mass is 10.2. The normalized spacial score (nSPS) is 10.0. The Kier molecular flexibility index (Phi) is 3.01. The van der Waals surface area contributed by atoms with Gasteiger partial charge in [0.25, 0.3) is 5.91 Å². The van der Waals surface area contributed by atoms with E-state index in [1.54, 1.807) is 25.1 Å². The number of carbonyl (C=O) groups excluding carboxylic acids is 1. The predicted octanol–water partition coefficient (Wildman–Crippen LogP) is 0.916. The Labute approximate surface area is 97.0 Å². The van der Waals surface area contributed by atoms with Gasteiger partial charge in [-0.25, -0.2) is 10.8 Å². The number of nitrogen functional groups attached to an aromatic ring is 1. The molecule has 1 amide bonds. The van der Waals surface area contributed by atoms with Crippen LogP contribution in [-0.4, -0.2) is 16.0 Å². The number of nitrogens with two attached hydrogens (primary N) is 1. The molecule has 2 aromatic heterocycles. The molecule has 0 aromatic carbocycles. The van der Waals surface area contributed by atoms with Crippen LogP contribution in [0.15, 0.2) is 28.9 Å². The molecule has 0 aliphatic carbocycles. The molecule has 2 heterocycles. The summed E-state index contributed by atoms with van der Waals surface area (Å²) in [5.74, 6) is 6.16. The molecule has 4 N–H and O–H groups in total. The first-order valence-corrected chi connectivity index (χ1v) is 4.87. The van der Waals surface area contributed by atoms with E-state index in [9.17, 15) is 4.79 Å². The van der Waals surface area contributed by atoms with Crippen molar-refractivity contribution in [1.29, 1.82) is 0 Å². The largest absolute Gasteiger partial charge is 0.360 e. The van der Waals surface area contributed by atoms with Crippen LogP contribution < -0.4 is 16.6 Å². The summed E-state index contributed by atoms with van der Waals surface area (Å²) in [7, 11) is 0. The molecule has 0 bridgehead atoms. The van der Waals surface area contributed by atoms with Crippen molar-refractivity contribution in [3.8, 4) is 0 Å². The van der Waals surface area contributed by atoms with Crippen LogP contribution in [-0.2, 0) is 0 Å². The number of pyridine rings is 1. The molecule has 2 rings (SSSR count). The van der Waals surface area contributed by atoms with Crippen LogP contribution in [0.1, 0.15) is 16.1 Å². The lowest BCUT2D eigenvalue weighted by molar-refractivity contribution is 0.102. The highest BCUT2D eigenvalue weighted by atomic mass is 16.5. The number of amides is 1. The monoisotopic (exact) mass is 233 g/mol. The van der Waals surface area contributed by atoms with E-state index in [0.717, 1.165) is 0 Å². The Bertz CT molecular complexity index is 537. The fraction of sp³-hybridized carbons (Fsp3) is 0.100. The number of anilines is 2. The maximum absolute atomic E-state index is 11.9. The van der Waals surface area contributed by atoms with E-state index in [-0.39, 0.29) is 5.91 Å². The number of nitrogens with one attached hydrogen (secondary N) is 2. The highest BCUT2D eigenvalue weighted by Gasteiger charge is 2.13. The molecule has 2 aromatic rings. The first-order chi connectivity index (χ1) is 8.20. The highest BCUT2D eigenvalue weighted by molar-refractivity contribution is 6.06. The van der Waals surface area contributed by atoms with Crippen LogP contribution in [0.3, 0.4) is 0 Å². The second-order valence-corrected chi connectivity index (χ2v) is 3.32. The Morgan fingerprint density at radius 1 is 1.53 bits per heavy atom. The summed E-state index contributed by atoms with van der Waals surface area (Å²) in [5.41, 5.74) is 2.68. The van der Waals surface area contributed by atoms with Gasteiger partial charge in [0.05, 0.1) is 5.56 Å². The van der Waals surface area contributed by atoms with E-state index in [4.69, 9.17) is 10.4 Å². The van der Waals surface area contributed by atoms with Gasteiger partial charge in [0, 0.05) is 12.3 Å². The van der Waals surface area contributed by atoms with Crippen molar-refractivity contribution < 1.29 is 9.32 Å². The molecule has 0 aliphatic rings. The minimum atomic E-state index is -0.362. The molecule has 0 spiro atoms. The lowest BCUT2D eigenvalue weighted by Crippen LogP contribution is -2.18. The third-order valence-corrected chi connectivity index (χ3v) is 2.06. The summed E-state index contributed by atoms with van der Waals surface area (Å²) in [6.45, 7) is 1.74. The predicted molar refractivity (Wildman–Crippen MR) is 61.2 cm³/mol. The van der Waals surface area contributed by atoms with Crippen LogP contribution >= 0.6 is 0 Å². The van der Waals surface area contributed by atoms with E-state index in [0.29, 0.717) is 23.0 Å². The zero-order valence-electron chi connectivity index (χ0n) is 9.10. The van der Waals surface area contributed by atoms with Crippen molar-refractivity contribution >= 4 is 17.5 Å². The van der Waals surface area contributed by atoms with Gasteiger partial charge in [-0.05, 0) is 19.1 Å². The summed E-state index contributed by atoms with van der Waals surface area (Å²) in [4.78, 5) is 15.8. The van der Waals surface area contributed by atoms with Gasteiger partial charge in [-0.1, -0.05) is 5.16 Å². The van der Waals surface area contributed by atoms with Gasteiger partial charge in [-0.15, -0.1) is 0 Å². The molecular weight excluding hydrogens is 222 g/mol. The average Bonchev–Trinajstić information content (AvgIpc) is 2.74. The summed E-state index contributed by atoms with van der Waals surface area (Å²) < 4.78 is 4.84. The van der Waals surface area contributed by atoms with E-state index < -0.39 is 0 Å². The topological polar surface area (TPSA) is 106 Å². The number of aromatic nitrogens is 2. The van der Waals surface area contributed by atoms with Crippen LogP contribution in [0.2, 0.25) is 0 Å². The van der Waals surface area contributed by atoms with E-state index >= 15 is 0 Å². The maximum atomic E-state index is 11.9.